The second-order valence-corrected chi connectivity index (χ2v) is 4.64. The molecule has 20 heavy (non-hydrogen) atoms. The first kappa shape index (κ1) is 16.2. The summed E-state index contributed by atoms with van der Waals surface area (Å²) in [5, 5.41) is 5.33. The van der Waals surface area contributed by atoms with E-state index >= 15 is 0 Å². The lowest BCUT2D eigenvalue weighted by Gasteiger charge is -2.06. The van der Waals surface area contributed by atoms with E-state index < -0.39 is 0 Å². The van der Waals surface area contributed by atoms with Gasteiger partial charge in [-0.25, -0.2) is 0 Å². The molecule has 0 aliphatic heterocycles. The van der Waals surface area contributed by atoms with Crippen LogP contribution < -0.4 is 16.4 Å². The van der Waals surface area contributed by atoms with Crippen LogP contribution in [0, 0.1) is 0 Å². The van der Waals surface area contributed by atoms with Crippen LogP contribution >= 0.6 is 0 Å². The van der Waals surface area contributed by atoms with Crippen molar-refractivity contribution in [3.05, 3.63) is 30.3 Å². The molecule has 0 unspecified atom stereocenters. The molecule has 0 radical (unpaired) electrons. The van der Waals surface area contributed by atoms with Crippen LogP contribution in [0.25, 0.3) is 0 Å². The van der Waals surface area contributed by atoms with Gasteiger partial charge >= 0.3 is 0 Å². The van der Waals surface area contributed by atoms with Gasteiger partial charge in [-0.1, -0.05) is 31.0 Å². The smallest absolute Gasteiger partial charge is 0.243 e. The molecule has 5 nitrogen and oxygen atoms in total. The Labute approximate surface area is 119 Å². The van der Waals surface area contributed by atoms with Crippen molar-refractivity contribution in [1.82, 2.24) is 5.32 Å². The number of unbranched alkanes of at least 4 members (excludes halogenated alkanes) is 3. The number of nitrogens with two attached hydrogens (primary N) is 1. The lowest BCUT2D eigenvalue weighted by molar-refractivity contribution is -0.124. The Hall–Kier alpha value is -1.88. The average Bonchev–Trinajstić information content (AvgIpc) is 2.46. The number of amides is 2. The van der Waals surface area contributed by atoms with Crippen molar-refractivity contribution >= 4 is 17.5 Å². The minimum absolute atomic E-state index is 0.0104. The normalized spacial score (nSPS) is 10.1. The summed E-state index contributed by atoms with van der Waals surface area (Å²) in [5.41, 5.74) is 6.12. The monoisotopic (exact) mass is 277 g/mol. The Morgan fingerprint density at radius 3 is 2.35 bits per heavy atom. The number of para-hydroxylation sites is 1. The largest absolute Gasteiger partial charge is 0.347 e. The third-order valence-electron chi connectivity index (χ3n) is 2.86. The van der Waals surface area contributed by atoms with E-state index in [0.29, 0.717) is 13.0 Å². The maximum atomic E-state index is 11.6. The van der Waals surface area contributed by atoms with Gasteiger partial charge in [0.05, 0.1) is 6.54 Å². The highest BCUT2D eigenvalue weighted by atomic mass is 16.2. The molecule has 2 amide bonds. The first-order valence-corrected chi connectivity index (χ1v) is 7.04. The number of benzene rings is 1. The fourth-order valence-corrected chi connectivity index (χ4v) is 1.78. The molecule has 0 aromatic heterocycles. The number of carbonyl (C=O) groups excluding carboxylic acids is 2. The van der Waals surface area contributed by atoms with E-state index in [9.17, 15) is 9.59 Å². The first-order valence-electron chi connectivity index (χ1n) is 7.04. The zero-order chi connectivity index (χ0) is 14.6. The van der Waals surface area contributed by atoms with Gasteiger partial charge in [0.15, 0.2) is 0 Å². The van der Waals surface area contributed by atoms with Crippen LogP contribution in [0.15, 0.2) is 30.3 Å². The van der Waals surface area contributed by atoms with Gasteiger partial charge in [0, 0.05) is 12.1 Å². The Bertz CT molecular complexity index is 407. The van der Waals surface area contributed by atoms with Crippen LogP contribution in [-0.4, -0.2) is 24.9 Å². The predicted octanol–water partition coefficient (Wildman–Crippen LogP) is 1.65. The van der Waals surface area contributed by atoms with Gasteiger partial charge in [0.2, 0.25) is 11.8 Å². The predicted molar refractivity (Wildman–Crippen MR) is 80.2 cm³/mol. The van der Waals surface area contributed by atoms with Crippen LogP contribution in [0.4, 0.5) is 5.69 Å². The SMILES string of the molecule is NCCCCCCC(=O)NCC(=O)Nc1ccccc1. The van der Waals surface area contributed by atoms with Gasteiger partial charge in [-0.2, -0.15) is 0 Å². The number of nitrogens with one attached hydrogen (secondary N) is 2. The quantitative estimate of drug-likeness (QED) is 0.600. The number of hydrogen-bond donors (Lipinski definition) is 3. The van der Waals surface area contributed by atoms with Gasteiger partial charge in [-0.05, 0) is 31.5 Å². The van der Waals surface area contributed by atoms with Gasteiger partial charge in [-0.3, -0.25) is 9.59 Å². The van der Waals surface area contributed by atoms with Crippen molar-refractivity contribution in [3.63, 3.8) is 0 Å². The molecule has 0 fully saturated rings. The molecular formula is C15H23N3O2. The molecule has 110 valence electrons. The molecule has 0 spiro atoms. The van der Waals surface area contributed by atoms with E-state index in [2.05, 4.69) is 10.6 Å². The van der Waals surface area contributed by atoms with E-state index in [1.807, 2.05) is 18.2 Å². The lowest BCUT2D eigenvalue weighted by atomic mass is 10.1. The summed E-state index contributed by atoms with van der Waals surface area (Å²) in [5.74, 6) is -0.298. The number of carbonyl (C=O) groups is 2. The molecule has 0 atom stereocenters. The summed E-state index contributed by atoms with van der Waals surface area (Å²) in [7, 11) is 0. The number of hydrogen-bond acceptors (Lipinski definition) is 3. The Morgan fingerprint density at radius 2 is 1.65 bits per heavy atom. The minimum atomic E-state index is -0.215. The molecule has 0 bridgehead atoms. The van der Waals surface area contributed by atoms with Crippen LogP contribution in [0.5, 0.6) is 0 Å². The van der Waals surface area contributed by atoms with Crippen molar-refractivity contribution < 1.29 is 9.59 Å². The van der Waals surface area contributed by atoms with E-state index in [1.165, 1.54) is 0 Å². The van der Waals surface area contributed by atoms with Crippen molar-refractivity contribution in [3.8, 4) is 0 Å². The molecule has 0 heterocycles. The summed E-state index contributed by atoms with van der Waals surface area (Å²) < 4.78 is 0. The highest BCUT2D eigenvalue weighted by molar-refractivity contribution is 5.94. The fourth-order valence-electron chi connectivity index (χ4n) is 1.78. The zero-order valence-corrected chi connectivity index (χ0v) is 11.7. The van der Waals surface area contributed by atoms with Crippen LogP contribution in [0.3, 0.4) is 0 Å². The summed E-state index contributed by atoms with van der Waals surface area (Å²) in [4.78, 5) is 23.1. The van der Waals surface area contributed by atoms with Gasteiger partial charge in [-0.15, -0.1) is 0 Å². The molecule has 1 rings (SSSR count). The van der Waals surface area contributed by atoms with Crippen molar-refractivity contribution in [1.29, 1.82) is 0 Å². The summed E-state index contributed by atoms with van der Waals surface area (Å²) in [6, 6.07) is 9.17. The summed E-state index contributed by atoms with van der Waals surface area (Å²) in [6.45, 7) is 0.711. The van der Waals surface area contributed by atoms with E-state index in [0.717, 1.165) is 31.4 Å². The van der Waals surface area contributed by atoms with Crippen molar-refractivity contribution in [2.75, 3.05) is 18.4 Å². The number of anilines is 1. The summed E-state index contributed by atoms with van der Waals surface area (Å²) >= 11 is 0. The van der Waals surface area contributed by atoms with E-state index in [4.69, 9.17) is 5.73 Å². The Balaban J connectivity index is 2.10. The second-order valence-electron chi connectivity index (χ2n) is 4.64. The molecule has 0 saturated carbocycles. The second kappa shape index (κ2) is 9.97. The average molecular weight is 277 g/mol. The van der Waals surface area contributed by atoms with Gasteiger partial charge < -0.3 is 16.4 Å². The molecule has 1 aromatic carbocycles. The third kappa shape index (κ3) is 7.53. The third-order valence-corrected chi connectivity index (χ3v) is 2.86. The molecule has 1 aromatic rings. The standard InChI is InChI=1S/C15H23N3O2/c16-11-7-2-1-6-10-14(19)17-12-15(20)18-13-8-4-3-5-9-13/h3-5,8-9H,1-2,6-7,10-12,16H2,(H,17,19)(H,18,20). The molecular weight excluding hydrogens is 254 g/mol. The van der Waals surface area contributed by atoms with Crippen molar-refractivity contribution in [2.45, 2.75) is 32.1 Å². The Morgan fingerprint density at radius 1 is 0.950 bits per heavy atom. The highest BCUT2D eigenvalue weighted by Gasteiger charge is 2.05. The molecule has 4 N–H and O–H groups in total. The first-order chi connectivity index (χ1) is 9.72. The van der Waals surface area contributed by atoms with Crippen LogP contribution in [-0.2, 0) is 9.59 Å². The van der Waals surface area contributed by atoms with E-state index in [1.54, 1.807) is 12.1 Å². The molecule has 0 aliphatic carbocycles. The highest BCUT2D eigenvalue weighted by Crippen LogP contribution is 2.04. The lowest BCUT2D eigenvalue weighted by Crippen LogP contribution is -2.32. The molecule has 0 aliphatic rings. The molecule has 0 saturated heterocycles. The maximum absolute atomic E-state index is 11.6. The van der Waals surface area contributed by atoms with Crippen LogP contribution in [0.2, 0.25) is 0 Å². The van der Waals surface area contributed by atoms with E-state index in [-0.39, 0.29) is 18.4 Å². The van der Waals surface area contributed by atoms with Gasteiger partial charge in [0.25, 0.3) is 0 Å². The van der Waals surface area contributed by atoms with Crippen molar-refractivity contribution in [2.24, 2.45) is 5.73 Å². The maximum Gasteiger partial charge on any atom is 0.243 e. The Kier molecular flexibility index (Phi) is 8.07. The molecule has 5 heteroatoms. The number of rotatable bonds is 9. The zero-order valence-electron chi connectivity index (χ0n) is 11.7. The van der Waals surface area contributed by atoms with Crippen LogP contribution in [0.1, 0.15) is 32.1 Å². The topological polar surface area (TPSA) is 84.2 Å². The summed E-state index contributed by atoms with van der Waals surface area (Å²) in [6.07, 6.45) is 4.36. The fraction of sp³-hybridized carbons (Fsp3) is 0.467. The minimum Gasteiger partial charge on any atom is -0.347 e. The van der Waals surface area contributed by atoms with Gasteiger partial charge in [0.1, 0.15) is 0 Å².